The number of benzene rings is 1. The number of amides is 1. The van der Waals surface area contributed by atoms with Crippen molar-refractivity contribution in [3.05, 3.63) is 35.1 Å². The zero-order valence-corrected chi connectivity index (χ0v) is 12.1. The maximum absolute atomic E-state index is 13.4. The predicted molar refractivity (Wildman–Crippen MR) is 77.4 cm³/mol. The van der Waals surface area contributed by atoms with E-state index in [2.05, 4.69) is 10.2 Å². The Labute approximate surface area is 124 Å². The number of fused-ring (bicyclic) bond motifs is 1. The summed E-state index contributed by atoms with van der Waals surface area (Å²) in [5, 5.41) is 11.2. The summed E-state index contributed by atoms with van der Waals surface area (Å²) >= 11 is 0. The topological polar surface area (TPSA) is 64.6 Å². The largest absolute Gasteiger partial charge is 0.354 e. The van der Waals surface area contributed by atoms with Crippen LogP contribution in [-0.4, -0.2) is 42.2 Å². The maximum Gasteiger partial charge on any atom is 0.236 e. The zero-order chi connectivity index (χ0) is 15.1. The molecule has 2 rings (SSSR count). The molecule has 0 bridgehead atoms. The molecule has 1 aliphatic heterocycles. The fourth-order valence-corrected chi connectivity index (χ4v) is 2.63. The van der Waals surface area contributed by atoms with Crippen LogP contribution in [0.4, 0.5) is 4.39 Å². The fourth-order valence-electron chi connectivity index (χ4n) is 2.63. The number of halogens is 1. The number of hydrogen-bond donors (Lipinski definition) is 3. The van der Waals surface area contributed by atoms with Crippen LogP contribution in [0.1, 0.15) is 24.0 Å². The third-order valence-electron chi connectivity index (χ3n) is 3.72. The normalized spacial score (nSPS) is 15.9. The van der Waals surface area contributed by atoms with Crippen LogP contribution >= 0.6 is 0 Å². The Morgan fingerprint density at radius 2 is 2.19 bits per heavy atom. The summed E-state index contributed by atoms with van der Waals surface area (Å²) in [6.45, 7) is 2.79. The molecule has 0 fully saturated rings. The highest BCUT2D eigenvalue weighted by atomic mass is 19.1. The number of hydroxylamine groups is 1. The van der Waals surface area contributed by atoms with E-state index in [1.165, 1.54) is 11.6 Å². The summed E-state index contributed by atoms with van der Waals surface area (Å²) in [7, 11) is 0. The number of carbonyl (C=O) groups excluding carboxylic acids is 1. The first-order valence-corrected chi connectivity index (χ1v) is 7.32. The van der Waals surface area contributed by atoms with Crippen molar-refractivity contribution in [3.8, 4) is 0 Å². The van der Waals surface area contributed by atoms with Crippen molar-refractivity contribution in [2.75, 3.05) is 26.2 Å². The van der Waals surface area contributed by atoms with Crippen LogP contribution in [0.15, 0.2) is 18.2 Å². The van der Waals surface area contributed by atoms with Gasteiger partial charge in [-0.2, -0.15) is 5.48 Å². The minimum absolute atomic E-state index is 0.103. The first-order valence-electron chi connectivity index (χ1n) is 7.32. The highest BCUT2D eigenvalue weighted by Gasteiger charge is 2.13. The van der Waals surface area contributed by atoms with Crippen molar-refractivity contribution in [2.24, 2.45) is 0 Å². The second-order valence-corrected chi connectivity index (χ2v) is 5.33. The third-order valence-corrected chi connectivity index (χ3v) is 3.72. The molecule has 21 heavy (non-hydrogen) atoms. The van der Waals surface area contributed by atoms with Crippen molar-refractivity contribution < 1.29 is 14.4 Å². The average molecular weight is 295 g/mol. The van der Waals surface area contributed by atoms with E-state index in [0.29, 0.717) is 19.6 Å². The second kappa shape index (κ2) is 8.07. The summed E-state index contributed by atoms with van der Waals surface area (Å²) in [6.07, 6.45) is 3.20. The van der Waals surface area contributed by atoms with Crippen molar-refractivity contribution in [3.63, 3.8) is 0 Å². The lowest BCUT2D eigenvalue weighted by Crippen LogP contribution is -2.39. The number of rotatable bonds is 5. The fraction of sp³-hybridized carbons (Fsp3) is 0.533. The number of hydrogen-bond acceptors (Lipinski definition) is 4. The molecule has 0 spiro atoms. The lowest BCUT2D eigenvalue weighted by atomic mass is 9.99. The van der Waals surface area contributed by atoms with Crippen LogP contribution < -0.4 is 10.8 Å². The molecule has 1 aromatic rings. The van der Waals surface area contributed by atoms with Gasteiger partial charge in [0.1, 0.15) is 5.82 Å². The molecular weight excluding hydrogens is 273 g/mol. The number of nitrogens with one attached hydrogen (secondary N) is 2. The smallest absolute Gasteiger partial charge is 0.236 e. The molecular formula is C15H22FN3O2. The molecule has 6 heteroatoms. The van der Waals surface area contributed by atoms with Gasteiger partial charge in [-0.1, -0.05) is 6.07 Å². The van der Waals surface area contributed by atoms with Crippen LogP contribution in [0.3, 0.4) is 0 Å². The quantitative estimate of drug-likeness (QED) is 0.711. The molecule has 0 radical (unpaired) electrons. The molecule has 1 aliphatic rings. The van der Waals surface area contributed by atoms with Crippen molar-refractivity contribution >= 4 is 5.91 Å². The van der Waals surface area contributed by atoms with Gasteiger partial charge in [-0.15, -0.1) is 0 Å². The maximum atomic E-state index is 13.4. The molecule has 0 atom stereocenters. The zero-order valence-electron chi connectivity index (χ0n) is 12.1. The van der Waals surface area contributed by atoms with Gasteiger partial charge in [-0.05, 0) is 49.1 Å². The summed E-state index contributed by atoms with van der Waals surface area (Å²) in [5.74, 6) is -0.437. The van der Waals surface area contributed by atoms with Gasteiger partial charge in [0.05, 0.1) is 6.54 Å². The first-order chi connectivity index (χ1) is 10.2. The van der Waals surface area contributed by atoms with Crippen LogP contribution in [0, 0.1) is 5.82 Å². The lowest BCUT2D eigenvalue weighted by molar-refractivity contribution is -0.121. The summed E-state index contributed by atoms with van der Waals surface area (Å²) in [6, 6.07) is 5.01. The van der Waals surface area contributed by atoms with Gasteiger partial charge in [0.25, 0.3) is 0 Å². The van der Waals surface area contributed by atoms with Gasteiger partial charge in [0.15, 0.2) is 0 Å². The van der Waals surface area contributed by atoms with E-state index in [-0.39, 0.29) is 18.3 Å². The van der Waals surface area contributed by atoms with Gasteiger partial charge in [0.2, 0.25) is 5.91 Å². The number of aryl methyl sites for hydroxylation is 1. The molecule has 0 aromatic heterocycles. The Morgan fingerprint density at radius 1 is 1.33 bits per heavy atom. The molecule has 3 N–H and O–H groups in total. The Balaban J connectivity index is 1.90. The van der Waals surface area contributed by atoms with Crippen molar-refractivity contribution in [1.82, 2.24) is 15.7 Å². The molecule has 0 saturated heterocycles. The average Bonchev–Trinajstić information content (AvgIpc) is 2.42. The Hall–Kier alpha value is -1.50. The van der Waals surface area contributed by atoms with Crippen molar-refractivity contribution in [1.29, 1.82) is 0 Å². The van der Waals surface area contributed by atoms with E-state index < -0.39 is 0 Å². The lowest BCUT2D eigenvalue weighted by Gasteiger charge is -2.26. The molecule has 0 aliphatic carbocycles. The molecule has 116 valence electrons. The van der Waals surface area contributed by atoms with Gasteiger partial charge in [0, 0.05) is 19.6 Å². The summed E-state index contributed by atoms with van der Waals surface area (Å²) in [5.41, 5.74) is 4.08. The Bertz CT molecular complexity index is 482. The summed E-state index contributed by atoms with van der Waals surface area (Å²) < 4.78 is 13.4. The monoisotopic (exact) mass is 295 g/mol. The van der Waals surface area contributed by atoms with Gasteiger partial charge in [-0.25, -0.2) is 4.39 Å². The predicted octanol–water partition coefficient (Wildman–Crippen LogP) is 1.06. The van der Waals surface area contributed by atoms with E-state index in [9.17, 15) is 9.18 Å². The Kier molecular flexibility index (Phi) is 6.10. The van der Waals surface area contributed by atoms with E-state index >= 15 is 0 Å². The van der Waals surface area contributed by atoms with E-state index in [1.807, 2.05) is 11.5 Å². The standard InChI is InChI=1S/C15H22FN3O2/c16-14-5-4-12-3-1-2-7-19(11-13(12)9-14)8-6-17-15(20)10-18-21/h4-5,9,18,21H,1-3,6-8,10-11H2,(H,17,20). The van der Waals surface area contributed by atoms with E-state index in [0.717, 1.165) is 31.4 Å². The molecule has 0 saturated carbocycles. The number of carbonyl (C=O) groups is 1. The molecule has 1 amide bonds. The van der Waals surface area contributed by atoms with Crippen molar-refractivity contribution in [2.45, 2.75) is 25.8 Å². The summed E-state index contributed by atoms with van der Waals surface area (Å²) in [4.78, 5) is 13.5. The Morgan fingerprint density at radius 3 is 3.00 bits per heavy atom. The van der Waals surface area contributed by atoms with E-state index in [1.54, 1.807) is 6.07 Å². The van der Waals surface area contributed by atoms with Crippen LogP contribution in [0.25, 0.3) is 0 Å². The van der Waals surface area contributed by atoms with Gasteiger partial charge in [-0.3, -0.25) is 9.69 Å². The first kappa shape index (κ1) is 15.9. The highest BCUT2D eigenvalue weighted by molar-refractivity contribution is 5.77. The molecule has 0 unspecified atom stereocenters. The van der Waals surface area contributed by atoms with Crippen LogP contribution in [0.5, 0.6) is 0 Å². The number of nitrogens with zero attached hydrogens (tertiary/aromatic N) is 1. The van der Waals surface area contributed by atoms with Gasteiger partial charge < -0.3 is 10.5 Å². The minimum atomic E-state index is -0.240. The molecule has 1 aromatic carbocycles. The SMILES string of the molecule is O=C(CNO)NCCN1CCCCc2ccc(F)cc2C1. The van der Waals surface area contributed by atoms with Crippen LogP contribution in [-0.2, 0) is 17.8 Å². The second-order valence-electron chi connectivity index (χ2n) is 5.33. The van der Waals surface area contributed by atoms with E-state index in [4.69, 9.17) is 5.21 Å². The minimum Gasteiger partial charge on any atom is -0.354 e. The van der Waals surface area contributed by atoms with Gasteiger partial charge >= 0.3 is 0 Å². The third kappa shape index (κ3) is 5.08. The molecule has 5 nitrogen and oxygen atoms in total. The highest BCUT2D eigenvalue weighted by Crippen LogP contribution is 2.19. The molecule has 1 heterocycles. The van der Waals surface area contributed by atoms with Crippen LogP contribution in [0.2, 0.25) is 0 Å².